The van der Waals surface area contributed by atoms with Gasteiger partial charge in [0, 0.05) is 38.1 Å². The molecule has 1 aromatic rings. The molecule has 0 bridgehead atoms. The van der Waals surface area contributed by atoms with Gasteiger partial charge in [0.2, 0.25) is 5.91 Å². The van der Waals surface area contributed by atoms with Crippen LogP contribution in [0.15, 0.2) is 24.3 Å². The number of benzene rings is 1. The molecule has 1 saturated heterocycles. The zero-order valence-electron chi connectivity index (χ0n) is 21.0. The summed E-state index contributed by atoms with van der Waals surface area (Å²) in [4.78, 5) is 26.2. The summed E-state index contributed by atoms with van der Waals surface area (Å²) in [7, 11) is 0. The van der Waals surface area contributed by atoms with Gasteiger partial charge < -0.3 is 24.5 Å². The Morgan fingerprint density at radius 3 is 2.62 bits per heavy atom. The lowest BCUT2D eigenvalue weighted by Gasteiger charge is -2.25. The Morgan fingerprint density at radius 2 is 1.94 bits per heavy atom. The number of nitrogens with zero attached hydrogens (tertiary/aromatic N) is 1. The van der Waals surface area contributed by atoms with Crippen LogP contribution in [0, 0.1) is 5.92 Å². The van der Waals surface area contributed by atoms with Crippen LogP contribution in [-0.4, -0.2) is 62.1 Å². The van der Waals surface area contributed by atoms with Crippen LogP contribution in [0.2, 0.25) is 0 Å². The number of rotatable bonds is 17. The molecule has 6 heteroatoms. The number of amides is 1. The maximum atomic E-state index is 12.7. The Bertz CT molecular complexity index is 720. The smallest absolute Gasteiger partial charge is 0.220 e. The Morgan fingerprint density at radius 1 is 1.12 bits per heavy atom. The van der Waals surface area contributed by atoms with E-state index in [1.54, 1.807) is 0 Å². The third kappa shape index (κ3) is 9.75. The lowest BCUT2D eigenvalue weighted by atomic mass is 9.96. The van der Waals surface area contributed by atoms with Crippen LogP contribution >= 0.6 is 0 Å². The highest BCUT2D eigenvalue weighted by molar-refractivity contribution is 5.76. The van der Waals surface area contributed by atoms with Crippen LogP contribution in [0.5, 0.6) is 5.75 Å². The fourth-order valence-corrected chi connectivity index (χ4v) is 4.60. The quantitative estimate of drug-likeness (QED) is 0.266. The van der Waals surface area contributed by atoms with Crippen molar-refractivity contribution < 1.29 is 19.1 Å². The summed E-state index contributed by atoms with van der Waals surface area (Å²) in [5, 5.41) is 3.28. The number of ether oxygens (including phenoxy) is 2. The molecule has 34 heavy (non-hydrogen) atoms. The summed E-state index contributed by atoms with van der Waals surface area (Å²) in [6, 6.07) is 8.27. The molecule has 1 amide bonds. The van der Waals surface area contributed by atoms with E-state index in [1.807, 2.05) is 12.1 Å². The largest absolute Gasteiger partial charge is 0.494 e. The van der Waals surface area contributed by atoms with Crippen molar-refractivity contribution in [2.45, 2.75) is 89.7 Å². The van der Waals surface area contributed by atoms with Gasteiger partial charge in [-0.15, -0.1) is 0 Å². The number of carbonyl (C=O) groups is 2. The van der Waals surface area contributed by atoms with E-state index in [0.717, 1.165) is 89.8 Å². The molecule has 0 spiro atoms. The van der Waals surface area contributed by atoms with Crippen molar-refractivity contribution in [3.63, 3.8) is 0 Å². The number of carbonyl (C=O) groups excluding carboxylic acids is 2. The van der Waals surface area contributed by atoms with E-state index in [2.05, 4.69) is 29.3 Å². The average molecular weight is 473 g/mol. The van der Waals surface area contributed by atoms with Crippen LogP contribution in [0.1, 0.15) is 76.7 Å². The van der Waals surface area contributed by atoms with Gasteiger partial charge in [0.25, 0.3) is 0 Å². The molecule has 0 radical (unpaired) electrons. The minimum absolute atomic E-state index is 0.0340. The van der Waals surface area contributed by atoms with Gasteiger partial charge in [0.15, 0.2) is 0 Å². The molecule has 1 saturated carbocycles. The topological polar surface area (TPSA) is 67.9 Å². The van der Waals surface area contributed by atoms with Crippen molar-refractivity contribution in [3.8, 4) is 5.75 Å². The number of unbranched alkanes of at least 4 members (excludes halogenated alkanes) is 3. The minimum Gasteiger partial charge on any atom is -0.494 e. The third-order valence-corrected chi connectivity index (χ3v) is 6.97. The summed E-state index contributed by atoms with van der Waals surface area (Å²) in [5.74, 6) is 1.14. The van der Waals surface area contributed by atoms with Gasteiger partial charge in [-0.25, -0.2) is 0 Å². The van der Waals surface area contributed by atoms with Gasteiger partial charge in [-0.1, -0.05) is 31.9 Å². The number of aldehydes is 1. The van der Waals surface area contributed by atoms with Gasteiger partial charge in [-0.2, -0.15) is 0 Å². The van der Waals surface area contributed by atoms with Crippen LogP contribution < -0.4 is 10.1 Å². The van der Waals surface area contributed by atoms with Gasteiger partial charge in [0.1, 0.15) is 12.0 Å². The zero-order valence-corrected chi connectivity index (χ0v) is 21.0. The molecule has 190 valence electrons. The number of hydrogen-bond donors (Lipinski definition) is 1. The Hall–Kier alpha value is -1.92. The number of nitrogens with one attached hydrogen (secondary N) is 1. The SMILES string of the molecule is CCCCOc1ccc(C[C@@H](CN2CCC(C=O)C2)NC(=O)CCCCCOC2CCC2)cc1. The molecule has 6 nitrogen and oxygen atoms in total. The van der Waals surface area contributed by atoms with Crippen LogP contribution in [0.25, 0.3) is 0 Å². The molecule has 2 atom stereocenters. The minimum atomic E-state index is 0.0340. The summed E-state index contributed by atoms with van der Waals surface area (Å²) >= 11 is 0. The highest BCUT2D eigenvalue weighted by Crippen LogP contribution is 2.22. The van der Waals surface area contributed by atoms with Crippen LogP contribution in [0.4, 0.5) is 0 Å². The molecule has 1 aromatic carbocycles. The van der Waals surface area contributed by atoms with Crippen molar-refractivity contribution >= 4 is 12.2 Å². The third-order valence-electron chi connectivity index (χ3n) is 6.97. The van der Waals surface area contributed by atoms with E-state index in [4.69, 9.17) is 9.47 Å². The van der Waals surface area contributed by atoms with E-state index in [9.17, 15) is 9.59 Å². The molecule has 2 aliphatic rings. The van der Waals surface area contributed by atoms with Gasteiger partial charge >= 0.3 is 0 Å². The zero-order chi connectivity index (χ0) is 24.0. The molecular weight excluding hydrogens is 428 g/mol. The summed E-state index contributed by atoms with van der Waals surface area (Å²) < 4.78 is 11.6. The first-order valence-corrected chi connectivity index (χ1v) is 13.5. The second-order valence-electron chi connectivity index (χ2n) is 9.99. The van der Waals surface area contributed by atoms with E-state index < -0.39 is 0 Å². The molecular formula is C28H44N2O4. The summed E-state index contributed by atoms with van der Waals surface area (Å²) in [6.07, 6.45) is 12.7. The lowest BCUT2D eigenvalue weighted by molar-refractivity contribution is -0.122. The Balaban J connectivity index is 1.43. The van der Waals surface area contributed by atoms with Gasteiger partial charge in [0.05, 0.1) is 12.7 Å². The predicted molar refractivity (Wildman–Crippen MR) is 135 cm³/mol. The van der Waals surface area contributed by atoms with Gasteiger partial charge in [-0.3, -0.25) is 4.79 Å². The fourth-order valence-electron chi connectivity index (χ4n) is 4.60. The van der Waals surface area contributed by atoms with Crippen molar-refractivity contribution in [2.75, 3.05) is 32.8 Å². The molecule has 0 aromatic heterocycles. The van der Waals surface area contributed by atoms with Crippen molar-refractivity contribution in [3.05, 3.63) is 29.8 Å². The average Bonchev–Trinajstić information content (AvgIpc) is 3.26. The molecule has 1 aliphatic carbocycles. The molecule has 1 unspecified atom stereocenters. The molecule has 1 aliphatic heterocycles. The van der Waals surface area contributed by atoms with E-state index in [1.165, 1.54) is 24.8 Å². The van der Waals surface area contributed by atoms with Crippen molar-refractivity contribution in [2.24, 2.45) is 5.92 Å². The summed E-state index contributed by atoms with van der Waals surface area (Å²) in [5.41, 5.74) is 1.19. The van der Waals surface area contributed by atoms with E-state index >= 15 is 0 Å². The van der Waals surface area contributed by atoms with Crippen LogP contribution in [-0.2, 0) is 20.7 Å². The van der Waals surface area contributed by atoms with Gasteiger partial charge in [-0.05, 0) is 75.6 Å². The second kappa shape index (κ2) is 15.2. The Labute approximate surface area is 205 Å². The highest BCUT2D eigenvalue weighted by atomic mass is 16.5. The highest BCUT2D eigenvalue weighted by Gasteiger charge is 2.25. The van der Waals surface area contributed by atoms with Crippen molar-refractivity contribution in [1.82, 2.24) is 10.2 Å². The predicted octanol–water partition coefficient (Wildman–Crippen LogP) is 4.54. The Kier molecular flexibility index (Phi) is 11.9. The van der Waals surface area contributed by atoms with Crippen LogP contribution in [0.3, 0.4) is 0 Å². The maximum absolute atomic E-state index is 12.7. The number of hydrogen-bond acceptors (Lipinski definition) is 5. The second-order valence-corrected chi connectivity index (χ2v) is 9.99. The normalized spacial score (nSPS) is 19.5. The number of likely N-dealkylation sites (tertiary alicyclic amines) is 1. The standard InChI is InChI=1S/C28H44N2O4/c1-2-3-17-33-27-13-11-23(12-14-27)19-25(21-30-16-15-24(20-30)22-31)29-28(32)10-5-4-6-18-34-26-8-7-9-26/h11-14,22,24-26H,2-10,15-21H2,1H3,(H,29,32)/t24?,25-/m0/s1. The van der Waals surface area contributed by atoms with E-state index in [0.29, 0.717) is 12.5 Å². The van der Waals surface area contributed by atoms with Crippen molar-refractivity contribution in [1.29, 1.82) is 0 Å². The monoisotopic (exact) mass is 472 g/mol. The fraction of sp³-hybridized carbons (Fsp3) is 0.714. The van der Waals surface area contributed by atoms with E-state index in [-0.39, 0.29) is 17.9 Å². The first kappa shape index (κ1) is 26.7. The first-order chi connectivity index (χ1) is 16.7. The molecule has 3 rings (SSSR count). The first-order valence-electron chi connectivity index (χ1n) is 13.5. The molecule has 1 N–H and O–H groups in total. The molecule has 1 heterocycles. The molecule has 2 fully saturated rings. The lowest BCUT2D eigenvalue weighted by Crippen LogP contribution is -2.44. The maximum Gasteiger partial charge on any atom is 0.220 e. The summed E-state index contributed by atoms with van der Waals surface area (Å²) in [6.45, 7) is 6.21.